The van der Waals surface area contributed by atoms with E-state index >= 15 is 0 Å². The summed E-state index contributed by atoms with van der Waals surface area (Å²) in [4.78, 5) is 11.5. The Bertz CT molecular complexity index is 610. The average Bonchev–Trinajstić information content (AvgIpc) is 2.79. The summed E-state index contributed by atoms with van der Waals surface area (Å²) in [6.45, 7) is 0.678. The average molecular weight is 314 g/mol. The number of carboxylic acids is 1. The van der Waals surface area contributed by atoms with Crippen molar-refractivity contribution < 1.29 is 19.0 Å². The summed E-state index contributed by atoms with van der Waals surface area (Å²) in [6.07, 6.45) is 0.897. The van der Waals surface area contributed by atoms with E-state index in [0.29, 0.717) is 28.0 Å². The fourth-order valence-corrected chi connectivity index (χ4v) is 4.08. The van der Waals surface area contributed by atoms with Crippen molar-refractivity contribution in [2.75, 3.05) is 19.5 Å². The van der Waals surface area contributed by atoms with E-state index in [1.54, 1.807) is 31.0 Å². The minimum absolute atomic E-state index is 0.240. The van der Waals surface area contributed by atoms with Crippen LogP contribution in [0.3, 0.4) is 0 Å². The quantitative estimate of drug-likeness (QED) is 0.784. The molecule has 0 bridgehead atoms. The fraction of sp³-hybridized carbons (Fsp3) is 0.357. The van der Waals surface area contributed by atoms with Gasteiger partial charge in [0.25, 0.3) is 0 Å². The summed E-state index contributed by atoms with van der Waals surface area (Å²) in [7, 11) is 1.65. The highest BCUT2D eigenvalue weighted by atomic mass is 32.2. The fourth-order valence-electron chi connectivity index (χ4n) is 1.96. The van der Waals surface area contributed by atoms with Crippen LogP contribution in [-0.2, 0) is 10.5 Å². The lowest BCUT2D eigenvalue weighted by Gasteiger charge is -2.03. The van der Waals surface area contributed by atoms with Crippen LogP contribution >= 0.6 is 23.1 Å². The second-order valence-electron chi connectivity index (χ2n) is 4.23. The first-order valence-corrected chi connectivity index (χ1v) is 8.12. The van der Waals surface area contributed by atoms with Crippen LogP contribution in [0.1, 0.15) is 21.7 Å². The summed E-state index contributed by atoms with van der Waals surface area (Å²) in [5.41, 5.74) is 0.595. The van der Waals surface area contributed by atoms with E-state index in [2.05, 4.69) is 0 Å². The Morgan fingerprint density at radius 3 is 3.00 bits per heavy atom. The summed E-state index contributed by atoms with van der Waals surface area (Å²) in [5, 5.41) is 9.71. The van der Waals surface area contributed by atoms with Crippen LogP contribution in [0, 0.1) is 5.82 Å². The number of thioether (sulfide) groups is 1. The number of aromatic carboxylic acids is 1. The van der Waals surface area contributed by atoms with E-state index in [1.165, 1.54) is 6.07 Å². The van der Waals surface area contributed by atoms with E-state index < -0.39 is 5.97 Å². The Kier molecular flexibility index (Phi) is 5.39. The number of hydrogen-bond donors (Lipinski definition) is 1. The maximum Gasteiger partial charge on any atom is 0.346 e. The highest BCUT2D eigenvalue weighted by Crippen LogP contribution is 2.35. The van der Waals surface area contributed by atoms with Gasteiger partial charge < -0.3 is 9.84 Å². The van der Waals surface area contributed by atoms with Gasteiger partial charge in [-0.3, -0.25) is 0 Å². The Hall–Kier alpha value is -1.11. The van der Waals surface area contributed by atoms with Gasteiger partial charge in [0.05, 0.1) is 0 Å². The van der Waals surface area contributed by atoms with Crippen LogP contribution in [0.25, 0.3) is 10.1 Å². The van der Waals surface area contributed by atoms with Gasteiger partial charge in [0.2, 0.25) is 0 Å². The molecule has 20 heavy (non-hydrogen) atoms. The third-order valence-electron chi connectivity index (χ3n) is 2.84. The first-order chi connectivity index (χ1) is 9.65. The molecule has 0 aliphatic rings. The van der Waals surface area contributed by atoms with Gasteiger partial charge in [-0.05, 0) is 29.9 Å². The molecule has 0 unspecified atom stereocenters. The Morgan fingerprint density at radius 1 is 1.50 bits per heavy atom. The SMILES string of the molecule is COCCCSCc1c(C(=O)O)sc2cccc(F)c12. The second-order valence-corrected chi connectivity index (χ2v) is 6.38. The number of carbonyl (C=O) groups is 1. The first-order valence-electron chi connectivity index (χ1n) is 6.15. The molecule has 0 radical (unpaired) electrons. The lowest BCUT2D eigenvalue weighted by molar-refractivity contribution is 0.0701. The normalized spacial score (nSPS) is 11.1. The topological polar surface area (TPSA) is 46.5 Å². The minimum Gasteiger partial charge on any atom is -0.477 e. The number of benzene rings is 1. The van der Waals surface area contributed by atoms with Gasteiger partial charge in [-0.15, -0.1) is 11.3 Å². The number of halogens is 1. The first kappa shape index (κ1) is 15.3. The van der Waals surface area contributed by atoms with Crippen LogP contribution in [0.2, 0.25) is 0 Å². The predicted molar refractivity (Wildman–Crippen MR) is 81.4 cm³/mol. The molecule has 108 valence electrons. The van der Waals surface area contributed by atoms with Gasteiger partial charge in [0, 0.05) is 29.6 Å². The van der Waals surface area contributed by atoms with Gasteiger partial charge in [-0.25, -0.2) is 9.18 Å². The molecule has 1 heterocycles. The van der Waals surface area contributed by atoms with Gasteiger partial charge in [0.15, 0.2) is 0 Å². The molecule has 0 aliphatic carbocycles. The Labute approximate surface area is 124 Å². The van der Waals surface area contributed by atoms with Crippen molar-refractivity contribution in [3.63, 3.8) is 0 Å². The summed E-state index contributed by atoms with van der Waals surface area (Å²) in [5.74, 6) is 0.0298. The summed E-state index contributed by atoms with van der Waals surface area (Å²) < 4.78 is 19.6. The lowest BCUT2D eigenvalue weighted by atomic mass is 10.1. The number of ether oxygens (including phenoxy) is 1. The highest BCUT2D eigenvalue weighted by Gasteiger charge is 2.19. The van der Waals surface area contributed by atoms with Crippen LogP contribution < -0.4 is 0 Å². The van der Waals surface area contributed by atoms with Gasteiger partial charge in [-0.1, -0.05) is 6.07 Å². The summed E-state index contributed by atoms with van der Waals surface area (Å²) in [6, 6.07) is 4.74. The van der Waals surface area contributed by atoms with Crippen molar-refractivity contribution in [1.82, 2.24) is 0 Å². The summed E-state index contributed by atoms with van der Waals surface area (Å²) >= 11 is 2.74. The molecule has 0 saturated carbocycles. The molecule has 0 atom stereocenters. The van der Waals surface area contributed by atoms with Crippen molar-refractivity contribution in [3.8, 4) is 0 Å². The Balaban J connectivity index is 2.24. The third kappa shape index (κ3) is 3.31. The zero-order valence-electron chi connectivity index (χ0n) is 11.0. The van der Waals surface area contributed by atoms with E-state index in [9.17, 15) is 14.3 Å². The van der Waals surface area contributed by atoms with Crippen molar-refractivity contribution in [2.24, 2.45) is 0 Å². The molecule has 1 aromatic carbocycles. The molecule has 2 rings (SSSR count). The molecular formula is C14H15FO3S2. The smallest absolute Gasteiger partial charge is 0.346 e. The number of carboxylic acid groups (broad SMARTS) is 1. The van der Waals surface area contributed by atoms with E-state index in [-0.39, 0.29) is 10.7 Å². The number of fused-ring (bicyclic) bond motifs is 1. The zero-order valence-corrected chi connectivity index (χ0v) is 12.7. The van der Waals surface area contributed by atoms with Gasteiger partial charge in [0.1, 0.15) is 10.7 Å². The van der Waals surface area contributed by atoms with Crippen molar-refractivity contribution in [3.05, 3.63) is 34.5 Å². The van der Waals surface area contributed by atoms with Crippen molar-refractivity contribution in [2.45, 2.75) is 12.2 Å². The van der Waals surface area contributed by atoms with Crippen molar-refractivity contribution in [1.29, 1.82) is 0 Å². The number of rotatable bonds is 7. The third-order valence-corrected chi connectivity index (χ3v) is 5.10. The Morgan fingerprint density at radius 2 is 2.30 bits per heavy atom. The highest BCUT2D eigenvalue weighted by molar-refractivity contribution is 7.98. The van der Waals surface area contributed by atoms with E-state index in [0.717, 1.165) is 23.5 Å². The standard InChI is InChI=1S/C14H15FO3S2/c1-18-6-3-7-19-8-9-12-10(15)4-2-5-11(12)20-13(9)14(16)17/h2,4-5H,3,6-8H2,1H3,(H,16,17). The molecule has 0 spiro atoms. The molecule has 1 aromatic heterocycles. The molecule has 1 N–H and O–H groups in total. The molecule has 0 aliphatic heterocycles. The molecule has 0 amide bonds. The molecule has 0 saturated heterocycles. The van der Waals surface area contributed by atoms with Crippen LogP contribution in [-0.4, -0.2) is 30.5 Å². The molecule has 2 aromatic rings. The maximum atomic E-state index is 13.9. The lowest BCUT2D eigenvalue weighted by Crippen LogP contribution is -1.98. The second kappa shape index (κ2) is 7.06. The zero-order chi connectivity index (χ0) is 14.5. The number of thiophene rings is 1. The molecular weight excluding hydrogens is 299 g/mol. The number of methoxy groups -OCH3 is 1. The van der Waals surface area contributed by atoms with Crippen LogP contribution in [0.5, 0.6) is 0 Å². The van der Waals surface area contributed by atoms with E-state index in [4.69, 9.17) is 4.74 Å². The molecule has 6 heteroatoms. The predicted octanol–water partition coefficient (Wildman–Crippen LogP) is 4.01. The molecule has 0 fully saturated rings. The largest absolute Gasteiger partial charge is 0.477 e. The van der Waals surface area contributed by atoms with Crippen LogP contribution in [0.15, 0.2) is 18.2 Å². The van der Waals surface area contributed by atoms with E-state index in [1.807, 2.05) is 0 Å². The monoisotopic (exact) mass is 314 g/mol. The van der Waals surface area contributed by atoms with Gasteiger partial charge >= 0.3 is 5.97 Å². The van der Waals surface area contributed by atoms with Crippen molar-refractivity contribution >= 4 is 39.2 Å². The molecule has 3 nitrogen and oxygen atoms in total. The minimum atomic E-state index is -0.988. The maximum absolute atomic E-state index is 13.9. The number of hydrogen-bond acceptors (Lipinski definition) is 4. The van der Waals surface area contributed by atoms with Gasteiger partial charge in [-0.2, -0.15) is 11.8 Å². The van der Waals surface area contributed by atoms with Crippen LogP contribution in [0.4, 0.5) is 4.39 Å².